The third-order valence-electron chi connectivity index (χ3n) is 1.75. The zero-order valence-electron chi connectivity index (χ0n) is 7.41. The lowest BCUT2D eigenvalue weighted by atomic mass is 10.3. The Hall–Kier alpha value is -0.140. The molecule has 14 heavy (non-hydrogen) atoms. The first-order chi connectivity index (χ1) is 6.66. The summed E-state index contributed by atoms with van der Waals surface area (Å²) in [4.78, 5) is 15.4. The van der Waals surface area contributed by atoms with Crippen molar-refractivity contribution in [3.63, 3.8) is 0 Å². The van der Waals surface area contributed by atoms with Crippen molar-refractivity contribution in [1.82, 2.24) is 9.55 Å². The number of halogens is 2. The van der Waals surface area contributed by atoms with Crippen molar-refractivity contribution in [3.05, 3.63) is 25.4 Å². The van der Waals surface area contributed by atoms with Gasteiger partial charge in [-0.05, 0) is 35.4 Å². The van der Waals surface area contributed by atoms with Crippen LogP contribution in [0.1, 0.15) is 12.8 Å². The van der Waals surface area contributed by atoms with Gasteiger partial charge >= 0.3 is 0 Å². The molecular formula is C8H10ClIN2O2. The highest BCUT2D eigenvalue weighted by atomic mass is 127. The SMILES string of the molecule is O=c1c(I)c(Cl)ncn1CCCCO. The van der Waals surface area contributed by atoms with Crippen LogP contribution in [-0.4, -0.2) is 21.3 Å². The number of unbranched alkanes of at least 4 members (excludes halogenated alkanes) is 1. The molecule has 1 heterocycles. The zero-order valence-corrected chi connectivity index (χ0v) is 10.3. The highest BCUT2D eigenvalue weighted by Gasteiger charge is 2.05. The van der Waals surface area contributed by atoms with Crippen LogP contribution in [-0.2, 0) is 6.54 Å². The lowest BCUT2D eigenvalue weighted by molar-refractivity contribution is 0.281. The summed E-state index contributed by atoms with van der Waals surface area (Å²) in [6.45, 7) is 0.715. The summed E-state index contributed by atoms with van der Waals surface area (Å²) >= 11 is 7.55. The predicted octanol–water partition coefficient (Wildman–Crippen LogP) is 1.27. The molecule has 0 aliphatic heterocycles. The molecule has 1 aromatic rings. The van der Waals surface area contributed by atoms with E-state index in [0.717, 1.165) is 6.42 Å². The van der Waals surface area contributed by atoms with Gasteiger partial charge in [0.05, 0.1) is 6.33 Å². The number of aromatic nitrogens is 2. The Bertz CT molecular complexity index is 367. The van der Waals surface area contributed by atoms with Crippen LogP contribution in [0.4, 0.5) is 0 Å². The van der Waals surface area contributed by atoms with E-state index < -0.39 is 0 Å². The number of hydrogen-bond donors (Lipinski definition) is 1. The summed E-state index contributed by atoms with van der Waals surface area (Å²) in [6.07, 6.45) is 2.88. The van der Waals surface area contributed by atoms with E-state index in [1.54, 1.807) is 0 Å². The van der Waals surface area contributed by atoms with Crippen LogP contribution in [0.2, 0.25) is 5.15 Å². The lowest BCUT2D eigenvalue weighted by Crippen LogP contribution is -2.23. The summed E-state index contributed by atoms with van der Waals surface area (Å²) in [5.74, 6) is 0. The summed E-state index contributed by atoms with van der Waals surface area (Å²) < 4.78 is 1.94. The van der Waals surface area contributed by atoms with Crippen molar-refractivity contribution < 1.29 is 5.11 Å². The van der Waals surface area contributed by atoms with Gasteiger partial charge in [-0.15, -0.1) is 0 Å². The van der Waals surface area contributed by atoms with E-state index >= 15 is 0 Å². The van der Waals surface area contributed by atoms with Gasteiger partial charge in [0.25, 0.3) is 5.56 Å². The van der Waals surface area contributed by atoms with E-state index in [2.05, 4.69) is 4.98 Å². The van der Waals surface area contributed by atoms with E-state index in [-0.39, 0.29) is 17.3 Å². The Kier molecular flexibility index (Phi) is 4.83. The Morgan fingerprint density at radius 2 is 2.29 bits per heavy atom. The molecule has 0 unspecified atom stereocenters. The normalized spacial score (nSPS) is 10.5. The van der Waals surface area contributed by atoms with Gasteiger partial charge in [0, 0.05) is 13.2 Å². The maximum Gasteiger partial charge on any atom is 0.268 e. The Morgan fingerprint density at radius 1 is 1.57 bits per heavy atom. The summed E-state index contributed by atoms with van der Waals surface area (Å²) in [7, 11) is 0. The van der Waals surface area contributed by atoms with Crippen LogP contribution in [0.15, 0.2) is 11.1 Å². The van der Waals surface area contributed by atoms with Gasteiger partial charge in [0.1, 0.15) is 8.72 Å². The zero-order chi connectivity index (χ0) is 10.6. The topological polar surface area (TPSA) is 55.1 Å². The van der Waals surface area contributed by atoms with Gasteiger partial charge in [0.2, 0.25) is 0 Å². The number of aliphatic hydroxyl groups is 1. The maximum atomic E-state index is 11.6. The molecule has 1 N–H and O–H groups in total. The molecule has 6 heteroatoms. The van der Waals surface area contributed by atoms with Gasteiger partial charge in [-0.2, -0.15) is 0 Å². The van der Waals surface area contributed by atoms with Crippen LogP contribution in [0, 0.1) is 3.57 Å². The smallest absolute Gasteiger partial charge is 0.268 e. The van der Waals surface area contributed by atoms with Crippen LogP contribution in [0.25, 0.3) is 0 Å². The van der Waals surface area contributed by atoms with E-state index in [9.17, 15) is 4.79 Å². The van der Waals surface area contributed by atoms with Crippen molar-refractivity contribution >= 4 is 34.2 Å². The minimum Gasteiger partial charge on any atom is -0.396 e. The van der Waals surface area contributed by atoms with E-state index in [4.69, 9.17) is 16.7 Å². The van der Waals surface area contributed by atoms with Gasteiger partial charge in [-0.25, -0.2) is 4.98 Å². The molecule has 0 aliphatic carbocycles. The molecular weight excluding hydrogens is 318 g/mol. The van der Waals surface area contributed by atoms with Crippen molar-refractivity contribution in [2.75, 3.05) is 6.61 Å². The second kappa shape index (κ2) is 5.67. The second-order valence-electron chi connectivity index (χ2n) is 2.78. The van der Waals surface area contributed by atoms with E-state index in [1.807, 2.05) is 22.6 Å². The van der Waals surface area contributed by atoms with Gasteiger partial charge in [0.15, 0.2) is 0 Å². The van der Waals surface area contributed by atoms with Crippen molar-refractivity contribution in [2.24, 2.45) is 0 Å². The molecule has 4 nitrogen and oxygen atoms in total. The van der Waals surface area contributed by atoms with Crippen molar-refractivity contribution in [2.45, 2.75) is 19.4 Å². The van der Waals surface area contributed by atoms with Crippen LogP contribution in [0.3, 0.4) is 0 Å². The molecule has 0 radical (unpaired) electrons. The molecule has 0 saturated heterocycles. The molecule has 0 saturated carbocycles. The van der Waals surface area contributed by atoms with E-state index in [1.165, 1.54) is 10.9 Å². The first-order valence-electron chi connectivity index (χ1n) is 4.18. The molecule has 0 aromatic carbocycles. The number of aryl methyl sites for hydroxylation is 1. The Morgan fingerprint density at radius 3 is 2.93 bits per heavy atom. The number of nitrogens with zero attached hydrogens (tertiary/aromatic N) is 2. The van der Waals surface area contributed by atoms with Gasteiger partial charge in [-0.1, -0.05) is 11.6 Å². The van der Waals surface area contributed by atoms with Crippen molar-refractivity contribution in [1.29, 1.82) is 0 Å². The average molecular weight is 329 g/mol. The average Bonchev–Trinajstić information content (AvgIpc) is 2.18. The fourth-order valence-corrected chi connectivity index (χ4v) is 1.57. The standard InChI is InChI=1S/C8H10ClIN2O2/c9-7-6(10)8(14)12(5-11-7)3-1-2-4-13/h5,13H,1-4H2. The van der Waals surface area contributed by atoms with Crippen molar-refractivity contribution in [3.8, 4) is 0 Å². The third kappa shape index (κ3) is 2.93. The molecule has 1 aromatic heterocycles. The predicted molar refractivity (Wildman–Crippen MR) is 62.5 cm³/mol. The summed E-state index contributed by atoms with van der Waals surface area (Å²) in [5, 5.41) is 8.83. The largest absolute Gasteiger partial charge is 0.396 e. The molecule has 0 aliphatic rings. The third-order valence-corrected chi connectivity index (χ3v) is 3.33. The molecule has 0 spiro atoms. The van der Waals surface area contributed by atoms with Gasteiger partial charge < -0.3 is 5.11 Å². The lowest BCUT2D eigenvalue weighted by Gasteiger charge is -2.04. The number of rotatable bonds is 4. The molecule has 0 fully saturated rings. The minimum absolute atomic E-state index is 0.122. The van der Waals surface area contributed by atoms with Gasteiger partial charge in [-0.3, -0.25) is 9.36 Å². The maximum absolute atomic E-state index is 11.6. The van der Waals surface area contributed by atoms with Crippen LogP contribution in [0.5, 0.6) is 0 Å². The molecule has 0 bridgehead atoms. The Labute approximate surface area is 100 Å². The van der Waals surface area contributed by atoms with E-state index in [0.29, 0.717) is 16.5 Å². The summed E-state index contributed by atoms with van der Waals surface area (Å²) in [5.41, 5.74) is -0.122. The number of aliphatic hydroxyl groups excluding tert-OH is 1. The summed E-state index contributed by atoms with van der Waals surface area (Å²) in [6, 6.07) is 0. The fourth-order valence-electron chi connectivity index (χ4n) is 0.997. The minimum atomic E-state index is -0.122. The number of hydrogen-bond acceptors (Lipinski definition) is 3. The second-order valence-corrected chi connectivity index (χ2v) is 4.22. The van der Waals surface area contributed by atoms with Crippen LogP contribution >= 0.6 is 34.2 Å². The highest BCUT2D eigenvalue weighted by Crippen LogP contribution is 2.09. The fraction of sp³-hybridized carbons (Fsp3) is 0.500. The highest BCUT2D eigenvalue weighted by molar-refractivity contribution is 14.1. The first-order valence-corrected chi connectivity index (χ1v) is 5.63. The quantitative estimate of drug-likeness (QED) is 0.514. The monoisotopic (exact) mass is 328 g/mol. The Balaban J connectivity index is 2.79. The first kappa shape index (κ1) is 11.9. The molecule has 0 amide bonds. The molecule has 0 atom stereocenters. The van der Waals surface area contributed by atoms with Crippen LogP contribution < -0.4 is 5.56 Å². The molecule has 78 valence electrons. The molecule has 1 rings (SSSR count).